The Morgan fingerprint density at radius 2 is 2.00 bits per heavy atom. The zero-order valence-electron chi connectivity index (χ0n) is 11.7. The molecule has 4 nitrogen and oxygen atoms in total. The van der Waals surface area contributed by atoms with Gasteiger partial charge in [-0.2, -0.15) is 8.42 Å². The summed E-state index contributed by atoms with van der Waals surface area (Å²) in [5.41, 5.74) is 1.27. The molecule has 1 aliphatic carbocycles. The SMILES string of the molecule is CS(=O)(=O)O[C@H]1CN(Cc2ccccc2)[C@H]2CC[C@@H]1C2. The van der Waals surface area contributed by atoms with E-state index in [-0.39, 0.29) is 6.10 Å². The Morgan fingerprint density at radius 3 is 2.70 bits per heavy atom. The van der Waals surface area contributed by atoms with Gasteiger partial charge in [0.05, 0.1) is 12.4 Å². The van der Waals surface area contributed by atoms with Crippen molar-refractivity contribution in [3.63, 3.8) is 0 Å². The fourth-order valence-electron chi connectivity index (χ4n) is 3.54. The second-order valence-corrected chi connectivity index (χ2v) is 7.58. The molecule has 0 unspecified atom stereocenters. The van der Waals surface area contributed by atoms with Crippen LogP contribution in [0, 0.1) is 5.92 Å². The predicted molar refractivity (Wildman–Crippen MR) is 77.7 cm³/mol. The van der Waals surface area contributed by atoms with Crippen molar-refractivity contribution in [1.82, 2.24) is 4.90 Å². The average molecular weight is 295 g/mol. The van der Waals surface area contributed by atoms with Gasteiger partial charge in [0.25, 0.3) is 10.1 Å². The van der Waals surface area contributed by atoms with E-state index in [0.717, 1.165) is 38.6 Å². The summed E-state index contributed by atoms with van der Waals surface area (Å²) < 4.78 is 28.1. The second kappa shape index (κ2) is 5.47. The number of fused-ring (bicyclic) bond motifs is 2. The largest absolute Gasteiger partial charge is 0.293 e. The van der Waals surface area contributed by atoms with Gasteiger partial charge in [-0.05, 0) is 30.7 Å². The monoisotopic (exact) mass is 295 g/mol. The van der Waals surface area contributed by atoms with Crippen molar-refractivity contribution in [3.05, 3.63) is 35.9 Å². The Bertz CT molecular complexity index is 558. The van der Waals surface area contributed by atoms with Gasteiger partial charge in [0.2, 0.25) is 0 Å². The highest BCUT2D eigenvalue weighted by Crippen LogP contribution is 2.39. The predicted octanol–water partition coefficient (Wildman–Crippen LogP) is 2.02. The molecule has 20 heavy (non-hydrogen) atoms. The summed E-state index contributed by atoms with van der Waals surface area (Å²) in [5, 5.41) is 0. The van der Waals surface area contributed by atoms with Gasteiger partial charge in [-0.1, -0.05) is 30.3 Å². The number of hydrogen-bond donors (Lipinski definition) is 0. The normalized spacial score (nSPS) is 30.6. The van der Waals surface area contributed by atoms with Crippen LogP contribution in [0.5, 0.6) is 0 Å². The summed E-state index contributed by atoms with van der Waals surface area (Å²) in [6.07, 6.45) is 4.27. The van der Waals surface area contributed by atoms with Gasteiger partial charge in [-0.3, -0.25) is 9.08 Å². The minimum absolute atomic E-state index is 0.174. The molecule has 0 spiro atoms. The molecule has 3 atom stereocenters. The third-order valence-corrected chi connectivity index (χ3v) is 5.03. The maximum atomic E-state index is 11.4. The van der Waals surface area contributed by atoms with Crippen LogP contribution < -0.4 is 0 Å². The molecule has 1 saturated carbocycles. The maximum Gasteiger partial charge on any atom is 0.264 e. The Kier molecular flexibility index (Phi) is 3.84. The van der Waals surface area contributed by atoms with Gasteiger partial charge < -0.3 is 0 Å². The number of nitrogens with zero attached hydrogens (tertiary/aromatic N) is 1. The smallest absolute Gasteiger partial charge is 0.264 e. The van der Waals surface area contributed by atoms with Gasteiger partial charge in [0.1, 0.15) is 0 Å². The number of rotatable bonds is 4. The molecule has 0 aromatic heterocycles. The number of benzene rings is 1. The van der Waals surface area contributed by atoms with E-state index in [9.17, 15) is 8.42 Å². The van der Waals surface area contributed by atoms with Crippen LogP contribution in [-0.4, -0.2) is 38.3 Å². The van der Waals surface area contributed by atoms with Gasteiger partial charge in [0.15, 0.2) is 0 Å². The Balaban J connectivity index is 1.72. The minimum Gasteiger partial charge on any atom is -0.293 e. The molecule has 1 saturated heterocycles. The van der Waals surface area contributed by atoms with Crippen LogP contribution in [0.2, 0.25) is 0 Å². The number of piperidine rings is 1. The molecular weight excluding hydrogens is 274 g/mol. The topological polar surface area (TPSA) is 46.6 Å². The molecule has 2 fully saturated rings. The van der Waals surface area contributed by atoms with E-state index in [0.29, 0.717) is 12.0 Å². The molecule has 3 rings (SSSR count). The van der Waals surface area contributed by atoms with E-state index in [2.05, 4.69) is 17.0 Å². The summed E-state index contributed by atoms with van der Waals surface area (Å²) in [7, 11) is -3.37. The van der Waals surface area contributed by atoms with Crippen LogP contribution in [0.1, 0.15) is 24.8 Å². The molecule has 1 heterocycles. The summed E-state index contributed by atoms with van der Waals surface area (Å²) in [6, 6.07) is 10.9. The lowest BCUT2D eigenvalue weighted by Crippen LogP contribution is -2.46. The van der Waals surface area contributed by atoms with Crippen molar-refractivity contribution in [1.29, 1.82) is 0 Å². The first-order valence-corrected chi connectivity index (χ1v) is 8.99. The minimum atomic E-state index is -3.37. The fraction of sp³-hybridized carbons (Fsp3) is 0.600. The summed E-state index contributed by atoms with van der Waals surface area (Å²) >= 11 is 0. The third-order valence-electron chi connectivity index (χ3n) is 4.43. The molecule has 1 aromatic carbocycles. The Labute approximate surface area is 120 Å². The molecule has 2 bridgehead atoms. The van der Waals surface area contributed by atoms with E-state index in [1.54, 1.807) is 0 Å². The van der Waals surface area contributed by atoms with E-state index in [1.165, 1.54) is 5.56 Å². The first-order chi connectivity index (χ1) is 9.51. The summed E-state index contributed by atoms with van der Waals surface area (Å²) in [5.74, 6) is 0.404. The van der Waals surface area contributed by atoms with Crippen LogP contribution in [0.3, 0.4) is 0 Å². The van der Waals surface area contributed by atoms with E-state index in [4.69, 9.17) is 4.18 Å². The average Bonchev–Trinajstić information content (AvgIpc) is 2.80. The zero-order chi connectivity index (χ0) is 14.2. The highest BCUT2D eigenvalue weighted by molar-refractivity contribution is 7.86. The van der Waals surface area contributed by atoms with E-state index < -0.39 is 10.1 Å². The third kappa shape index (κ3) is 3.22. The van der Waals surface area contributed by atoms with Crippen molar-refractivity contribution in [3.8, 4) is 0 Å². The van der Waals surface area contributed by atoms with Gasteiger partial charge in [0, 0.05) is 19.1 Å². The number of hydrogen-bond acceptors (Lipinski definition) is 4. The van der Waals surface area contributed by atoms with Gasteiger partial charge in [-0.15, -0.1) is 0 Å². The molecule has 2 aliphatic rings. The first kappa shape index (κ1) is 14.0. The van der Waals surface area contributed by atoms with Gasteiger partial charge >= 0.3 is 0 Å². The number of likely N-dealkylation sites (tertiary alicyclic amines) is 1. The zero-order valence-corrected chi connectivity index (χ0v) is 12.6. The first-order valence-electron chi connectivity index (χ1n) is 7.17. The standard InChI is InChI=1S/C15H21NO3S/c1-20(17,18)19-15-11-16(14-8-7-13(15)9-14)10-12-5-3-2-4-6-12/h2-6,13-15H,7-11H2,1H3/t13-,14+,15+/m1/s1. The lowest BCUT2D eigenvalue weighted by Gasteiger charge is -2.37. The molecule has 110 valence electrons. The van der Waals surface area contributed by atoms with Crippen LogP contribution >= 0.6 is 0 Å². The molecule has 5 heteroatoms. The van der Waals surface area contributed by atoms with Crippen LogP contribution in [0.4, 0.5) is 0 Å². The van der Waals surface area contributed by atoms with Crippen LogP contribution in [0.25, 0.3) is 0 Å². The summed E-state index contributed by atoms with van der Waals surface area (Å²) in [4.78, 5) is 2.38. The lowest BCUT2D eigenvalue weighted by molar-refractivity contribution is 0.0385. The summed E-state index contributed by atoms with van der Waals surface area (Å²) in [6.45, 7) is 1.60. The van der Waals surface area contributed by atoms with E-state index in [1.807, 2.05) is 18.2 Å². The van der Waals surface area contributed by atoms with E-state index >= 15 is 0 Å². The molecule has 0 radical (unpaired) electrons. The Morgan fingerprint density at radius 1 is 1.25 bits per heavy atom. The highest BCUT2D eigenvalue weighted by atomic mass is 32.2. The maximum absolute atomic E-state index is 11.4. The van der Waals surface area contributed by atoms with Crippen molar-refractivity contribution in [2.75, 3.05) is 12.8 Å². The molecule has 1 aromatic rings. The lowest BCUT2D eigenvalue weighted by atomic mass is 9.96. The fourth-order valence-corrected chi connectivity index (χ4v) is 4.20. The molecular formula is C15H21NO3S. The quantitative estimate of drug-likeness (QED) is 0.797. The molecule has 0 amide bonds. The van der Waals surface area contributed by atoms with Crippen LogP contribution in [0.15, 0.2) is 30.3 Å². The highest BCUT2D eigenvalue weighted by Gasteiger charge is 2.42. The van der Waals surface area contributed by atoms with Crippen molar-refractivity contribution in [2.24, 2.45) is 5.92 Å². The van der Waals surface area contributed by atoms with Crippen molar-refractivity contribution in [2.45, 2.75) is 38.0 Å². The second-order valence-electron chi connectivity index (χ2n) is 5.98. The van der Waals surface area contributed by atoms with Crippen LogP contribution in [-0.2, 0) is 20.8 Å². The van der Waals surface area contributed by atoms with Gasteiger partial charge in [-0.25, -0.2) is 0 Å². The van der Waals surface area contributed by atoms with Crippen molar-refractivity contribution >= 4 is 10.1 Å². The van der Waals surface area contributed by atoms with Crippen molar-refractivity contribution < 1.29 is 12.6 Å². The molecule has 1 aliphatic heterocycles. The molecule has 0 N–H and O–H groups in total. The Hall–Kier alpha value is -0.910.